The fraction of sp³-hybridized carbons (Fsp3) is 0.263. The van der Waals surface area contributed by atoms with Crippen LogP contribution in [0.1, 0.15) is 5.76 Å². The molecule has 8 heteroatoms. The van der Waals surface area contributed by atoms with Crippen LogP contribution in [0.4, 0.5) is 4.39 Å². The number of nitrogens with zero attached hydrogens (tertiary/aromatic N) is 1. The number of amides is 1. The molecule has 4 rings (SSSR count). The number of carbonyl (C=O) groups excluding carboxylic acids is 1. The van der Waals surface area contributed by atoms with E-state index in [1.165, 1.54) is 28.8 Å². The standard InChI is InChI=1S/C19H17FN2O3S2/c20-14-3-1-13(2-4-14)16-6-5-15(25-16)11-17-18(23)22(19(26)27-17)12-21-7-9-24-10-8-21/h1-6,11H,7-10,12H2/p+1/b17-11+. The van der Waals surface area contributed by atoms with Crippen molar-refractivity contribution in [3.8, 4) is 11.3 Å². The average Bonchev–Trinajstić information content (AvgIpc) is 3.24. The van der Waals surface area contributed by atoms with Crippen LogP contribution in [0.3, 0.4) is 0 Å². The van der Waals surface area contributed by atoms with Crippen LogP contribution in [0.5, 0.6) is 0 Å². The quantitative estimate of drug-likeness (QED) is 0.624. The summed E-state index contributed by atoms with van der Waals surface area (Å²) in [7, 11) is 0. The number of benzene rings is 1. The van der Waals surface area contributed by atoms with Crippen LogP contribution in [-0.4, -0.2) is 48.1 Å². The molecule has 2 aliphatic heterocycles. The maximum Gasteiger partial charge on any atom is 0.270 e. The lowest BCUT2D eigenvalue weighted by atomic mass is 10.2. The van der Waals surface area contributed by atoms with Crippen molar-refractivity contribution in [2.75, 3.05) is 33.0 Å². The lowest BCUT2D eigenvalue weighted by molar-refractivity contribution is -0.914. The second-order valence-electron chi connectivity index (χ2n) is 6.34. The predicted molar refractivity (Wildman–Crippen MR) is 105 cm³/mol. The third kappa shape index (κ3) is 4.14. The number of carbonyl (C=O) groups is 1. The maximum absolute atomic E-state index is 13.1. The molecule has 2 fully saturated rings. The number of morpholine rings is 1. The third-order valence-electron chi connectivity index (χ3n) is 4.48. The number of hydrogen-bond donors (Lipinski definition) is 1. The summed E-state index contributed by atoms with van der Waals surface area (Å²) in [6, 6.07) is 9.68. The van der Waals surface area contributed by atoms with Crippen molar-refractivity contribution < 1.29 is 23.2 Å². The number of quaternary nitrogens is 1. The van der Waals surface area contributed by atoms with Crippen LogP contribution in [0.15, 0.2) is 45.7 Å². The first kappa shape index (κ1) is 18.4. The van der Waals surface area contributed by atoms with E-state index in [0.717, 1.165) is 18.7 Å². The van der Waals surface area contributed by atoms with E-state index < -0.39 is 0 Å². The average molecular weight is 405 g/mol. The van der Waals surface area contributed by atoms with Gasteiger partial charge in [-0.25, -0.2) is 9.29 Å². The van der Waals surface area contributed by atoms with Crippen molar-refractivity contribution in [1.82, 2.24) is 4.90 Å². The summed E-state index contributed by atoms with van der Waals surface area (Å²) in [5, 5.41) is 0. The molecule has 1 aromatic carbocycles. The van der Waals surface area contributed by atoms with E-state index in [1.54, 1.807) is 35.2 Å². The first-order chi connectivity index (χ1) is 13.1. The van der Waals surface area contributed by atoms with E-state index in [2.05, 4.69) is 0 Å². The van der Waals surface area contributed by atoms with Crippen LogP contribution < -0.4 is 4.90 Å². The smallest absolute Gasteiger partial charge is 0.270 e. The molecule has 0 atom stereocenters. The number of ether oxygens (including phenoxy) is 1. The minimum atomic E-state index is -0.295. The minimum Gasteiger partial charge on any atom is -0.457 e. The van der Waals surface area contributed by atoms with Crippen molar-refractivity contribution in [1.29, 1.82) is 0 Å². The molecule has 0 radical (unpaired) electrons. The molecule has 0 spiro atoms. The molecule has 2 aromatic rings. The highest BCUT2D eigenvalue weighted by atomic mass is 32.2. The molecule has 1 aromatic heterocycles. The molecule has 1 amide bonds. The number of rotatable bonds is 4. The summed E-state index contributed by atoms with van der Waals surface area (Å²) in [4.78, 5) is 16.2. The van der Waals surface area contributed by atoms with Gasteiger partial charge in [0, 0.05) is 11.6 Å². The van der Waals surface area contributed by atoms with Crippen molar-refractivity contribution >= 4 is 40.3 Å². The topological polar surface area (TPSA) is 47.1 Å². The summed E-state index contributed by atoms with van der Waals surface area (Å²) < 4.78 is 24.8. The number of hydrogen-bond acceptors (Lipinski definition) is 5. The van der Waals surface area contributed by atoms with Gasteiger partial charge in [-0.2, -0.15) is 0 Å². The Morgan fingerprint density at radius 1 is 1.19 bits per heavy atom. The molecule has 1 N–H and O–H groups in total. The van der Waals surface area contributed by atoms with Crippen molar-refractivity contribution in [2.45, 2.75) is 0 Å². The zero-order valence-corrected chi connectivity index (χ0v) is 16.1. The molecule has 3 heterocycles. The fourth-order valence-electron chi connectivity index (χ4n) is 3.01. The summed E-state index contributed by atoms with van der Waals surface area (Å²) >= 11 is 6.68. The maximum atomic E-state index is 13.1. The predicted octanol–water partition coefficient (Wildman–Crippen LogP) is 2.16. The van der Waals surface area contributed by atoms with Crippen molar-refractivity contribution in [2.24, 2.45) is 0 Å². The van der Waals surface area contributed by atoms with Crippen molar-refractivity contribution in [3.63, 3.8) is 0 Å². The normalized spacial score (nSPS) is 20.0. The van der Waals surface area contributed by atoms with E-state index in [1.807, 2.05) is 0 Å². The molecule has 140 valence electrons. The lowest BCUT2D eigenvalue weighted by Gasteiger charge is -2.27. The van der Waals surface area contributed by atoms with Gasteiger partial charge < -0.3 is 14.1 Å². The van der Waals surface area contributed by atoms with E-state index in [4.69, 9.17) is 21.4 Å². The second-order valence-corrected chi connectivity index (χ2v) is 8.01. The zero-order valence-electron chi connectivity index (χ0n) is 14.4. The zero-order chi connectivity index (χ0) is 18.8. The van der Waals surface area contributed by atoms with E-state index in [9.17, 15) is 9.18 Å². The Labute approximate surface area is 165 Å². The van der Waals surface area contributed by atoms with Crippen LogP contribution >= 0.6 is 24.0 Å². The molecular weight excluding hydrogens is 387 g/mol. The van der Waals surface area contributed by atoms with Crippen LogP contribution in [0, 0.1) is 5.82 Å². The number of halogens is 1. The van der Waals surface area contributed by atoms with Gasteiger partial charge >= 0.3 is 0 Å². The Kier molecular flexibility index (Phi) is 5.40. The van der Waals surface area contributed by atoms with E-state index in [0.29, 0.717) is 40.6 Å². The number of thioether (sulfide) groups is 1. The van der Waals surface area contributed by atoms with Crippen molar-refractivity contribution in [3.05, 3.63) is 52.9 Å². The van der Waals surface area contributed by atoms with Crippen LogP contribution in [-0.2, 0) is 9.53 Å². The van der Waals surface area contributed by atoms with Gasteiger partial charge in [0.05, 0.1) is 18.1 Å². The lowest BCUT2D eigenvalue weighted by Crippen LogP contribution is -3.15. The Morgan fingerprint density at radius 2 is 1.93 bits per heavy atom. The van der Waals surface area contributed by atoms with Gasteiger partial charge in [0.25, 0.3) is 5.91 Å². The molecular formula is C19H18FN2O3S2+. The third-order valence-corrected chi connectivity index (χ3v) is 5.86. The van der Waals surface area contributed by atoms with Gasteiger partial charge in [0.1, 0.15) is 30.4 Å². The van der Waals surface area contributed by atoms with Crippen LogP contribution in [0.2, 0.25) is 0 Å². The molecule has 27 heavy (non-hydrogen) atoms. The van der Waals surface area contributed by atoms with Gasteiger partial charge in [-0.3, -0.25) is 4.79 Å². The number of nitrogens with one attached hydrogen (secondary N) is 1. The first-order valence-electron chi connectivity index (χ1n) is 8.62. The first-order valence-corrected chi connectivity index (χ1v) is 9.85. The highest BCUT2D eigenvalue weighted by molar-refractivity contribution is 8.26. The largest absolute Gasteiger partial charge is 0.457 e. The molecule has 2 saturated heterocycles. The van der Waals surface area contributed by atoms with Gasteiger partial charge in [-0.15, -0.1) is 0 Å². The minimum absolute atomic E-state index is 0.0938. The van der Waals surface area contributed by atoms with E-state index >= 15 is 0 Å². The Bertz CT molecular complexity index is 889. The highest BCUT2D eigenvalue weighted by Crippen LogP contribution is 2.33. The summed E-state index contributed by atoms with van der Waals surface area (Å²) in [5.74, 6) is 0.795. The summed E-state index contributed by atoms with van der Waals surface area (Å²) in [6.07, 6.45) is 1.71. The Balaban J connectivity index is 1.48. The second kappa shape index (κ2) is 7.93. The monoisotopic (exact) mass is 405 g/mol. The molecule has 0 saturated carbocycles. The molecule has 0 aliphatic carbocycles. The van der Waals surface area contributed by atoms with Gasteiger partial charge in [0.15, 0.2) is 11.0 Å². The summed E-state index contributed by atoms with van der Waals surface area (Å²) in [6.45, 7) is 3.71. The Hall–Kier alpha value is -2.00. The van der Waals surface area contributed by atoms with E-state index in [-0.39, 0.29) is 11.7 Å². The fourth-order valence-corrected chi connectivity index (χ4v) is 4.24. The highest BCUT2D eigenvalue weighted by Gasteiger charge is 2.35. The number of furan rings is 1. The van der Waals surface area contributed by atoms with Crippen LogP contribution in [0.25, 0.3) is 17.4 Å². The Morgan fingerprint density at radius 3 is 2.67 bits per heavy atom. The molecule has 0 bridgehead atoms. The molecule has 5 nitrogen and oxygen atoms in total. The van der Waals surface area contributed by atoms with Gasteiger partial charge in [0.2, 0.25) is 0 Å². The summed E-state index contributed by atoms with van der Waals surface area (Å²) in [5.41, 5.74) is 0.777. The SMILES string of the molecule is O=C1/C(=C\c2ccc(-c3ccc(F)cc3)o2)SC(=S)N1C[NH+]1CCOCC1. The molecule has 2 aliphatic rings. The van der Waals surface area contributed by atoms with Gasteiger partial charge in [-0.05, 0) is 36.4 Å². The van der Waals surface area contributed by atoms with Gasteiger partial charge in [-0.1, -0.05) is 24.0 Å². The molecule has 0 unspecified atom stereocenters. The number of thiocarbonyl (C=S) groups is 1.